The third-order valence-corrected chi connectivity index (χ3v) is 5.09. The number of halogens is 1. The normalized spacial score (nSPS) is 10.6. The average molecular weight is 397 g/mol. The second kappa shape index (κ2) is 9.32. The van der Waals surface area contributed by atoms with Crippen molar-refractivity contribution in [3.8, 4) is 0 Å². The molecule has 3 rings (SSSR count). The third kappa shape index (κ3) is 5.53. The fraction of sp³-hybridized carbons (Fsp3) is 0.190. The molecule has 5 nitrogen and oxygen atoms in total. The Morgan fingerprint density at radius 1 is 1.14 bits per heavy atom. The van der Waals surface area contributed by atoms with Crippen molar-refractivity contribution in [2.75, 3.05) is 5.32 Å². The van der Waals surface area contributed by atoms with E-state index in [-0.39, 0.29) is 30.1 Å². The summed E-state index contributed by atoms with van der Waals surface area (Å²) in [6.45, 7) is 1.77. The van der Waals surface area contributed by atoms with Gasteiger partial charge in [-0.2, -0.15) is 0 Å². The maximum atomic E-state index is 12.9. The number of hydrogen-bond donors (Lipinski definition) is 2. The Kier molecular flexibility index (Phi) is 6.60. The van der Waals surface area contributed by atoms with Gasteiger partial charge in [0.1, 0.15) is 5.82 Å². The molecular weight excluding hydrogens is 377 g/mol. The monoisotopic (exact) mass is 397 g/mol. The van der Waals surface area contributed by atoms with Crippen LogP contribution in [0.15, 0.2) is 64.5 Å². The number of aromatic amines is 1. The second-order valence-electron chi connectivity index (χ2n) is 6.26. The standard InChI is InChI=1S/C21H20FN3O2S/c1-14-18(11-12-19(26)24-17-9-7-16(22)8-10-17)20(27)25-21(23-14)28-13-15-5-3-2-4-6-15/h2-10H,11-13H2,1H3,(H,24,26)(H,23,25,27). The molecule has 7 heteroatoms. The van der Waals surface area contributed by atoms with Crippen molar-refractivity contribution >= 4 is 23.4 Å². The predicted molar refractivity (Wildman–Crippen MR) is 109 cm³/mol. The Labute approximate surface area is 166 Å². The lowest BCUT2D eigenvalue weighted by molar-refractivity contribution is -0.116. The summed E-state index contributed by atoms with van der Waals surface area (Å²) in [6, 6.07) is 15.5. The van der Waals surface area contributed by atoms with Gasteiger partial charge in [-0.05, 0) is 43.2 Å². The smallest absolute Gasteiger partial charge is 0.254 e. The lowest BCUT2D eigenvalue weighted by Gasteiger charge is -2.08. The Morgan fingerprint density at radius 2 is 1.86 bits per heavy atom. The predicted octanol–water partition coefficient (Wildman–Crippen LogP) is 4.08. The number of nitrogens with zero attached hydrogens (tertiary/aromatic N) is 1. The molecule has 1 amide bonds. The van der Waals surface area contributed by atoms with Gasteiger partial charge >= 0.3 is 0 Å². The van der Waals surface area contributed by atoms with Crippen molar-refractivity contribution in [3.05, 3.63) is 87.6 Å². The highest BCUT2D eigenvalue weighted by Crippen LogP contribution is 2.19. The molecule has 3 aromatic rings. The third-order valence-electron chi connectivity index (χ3n) is 4.15. The highest BCUT2D eigenvalue weighted by atomic mass is 32.2. The molecule has 2 N–H and O–H groups in total. The summed E-state index contributed by atoms with van der Waals surface area (Å²) in [5.74, 6) is 0.104. The summed E-state index contributed by atoms with van der Waals surface area (Å²) in [5, 5.41) is 3.25. The lowest BCUT2D eigenvalue weighted by Crippen LogP contribution is -2.20. The number of amides is 1. The molecule has 0 aliphatic carbocycles. The van der Waals surface area contributed by atoms with Crippen molar-refractivity contribution < 1.29 is 9.18 Å². The van der Waals surface area contributed by atoms with E-state index in [9.17, 15) is 14.0 Å². The molecule has 0 saturated carbocycles. The van der Waals surface area contributed by atoms with E-state index >= 15 is 0 Å². The van der Waals surface area contributed by atoms with Crippen LogP contribution in [-0.2, 0) is 17.0 Å². The van der Waals surface area contributed by atoms with E-state index in [0.29, 0.717) is 27.9 Å². The molecule has 1 aromatic heterocycles. The van der Waals surface area contributed by atoms with Crippen molar-refractivity contribution in [3.63, 3.8) is 0 Å². The van der Waals surface area contributed by atoms with E-state index in [1.807, 2.05) is 30.3 Å². The summed E-state index contributed by atoms with van der Waals surface area (Å²) in [4.78, 5) is 31.7. The molecule has 0 bridgehead atoms. The fourth-order valence-corrected chi connectivity index (χ4v) is 3.53. The zero-order valence-electron chi connectivity index (χ0n) is 15.4. The summed E-state index contributed by atoms with van der Waals surface area (Å²) in [5.41, 5.74) is 2.56. The summed E-state index contributed by atoms with van der Waals surface area (Å²) in [7, 11) is 0. The largest absolute Gasteiger partial charge is 0.326 e. The average Bonchev–Trinajstić information content (AvgIpc) is 2.68. The number of carbonyl (C=O) groups is 1. The van der Waals surface area contributed by atoms with Gasteiger partial charge in [-0.25, -0.2) is 9.37 Å². The molecule has 28 heavy (non-hydrogen) atoms. The van der Waals surface area contributed by atoms with Gasteiger partial charge in [0, 0.05) is 29.1 Å². The first-order valence-corrected chi connectivity index (χ1v) is 9.82. The summed E-state index contributed by atoms with van der Waals surface area (Å²) in [6.07, 6.45) is 0.421. The Bertz CT molecular complexity index is 1000. The molecule has 0 fully saturated rings. The van der Waals surface area contributed by atoms with Crippen molar-refractivity contribution in [1.29, 1.82) is 0 Å². The molecule has 0 spiro atoms. The van der Waals surface area contributed by atoms with E-state index in [2.05, 4.69) is 15.3 Å². The fourth-order valence-electron chi connectivity index (χ4n) is 2.67. The number of H-pyrrole nitrogens is 1. The quantitative estimate of drug-likeness (QED) is 0.465. The highest BCUT2D eigenvalue weighted by molar-refractivity contribution is 7.98. The Morgan fingerprint density at radius 3 is 2.54 bits per heavy atom. The van der Waals surface area contributed by atoms with Crippen LogP contribution < -0.4 is 10.9 Å². The van der Waals surface area contributed by atoms with E-state index in [0.717, 1.165) is 5.56 Å². The molecule has 144 valence electrons. The Balaban J connectivity index is 1.58. The van der Waals surface area contributed by atoms with Crippen molar-refractivity contribution in [1.82, 2.24) is 9.97 Å². The molecule has 2 aromatic carbocycles. The number of benzene rings is 2. The van der Waals surface area contributed by atoms with Gasteiger partial charge < -0.3 is 10.3 Å². The zero-order valence-corrected chi connectivity index (χ0v) is 16.2. The van der Waals surface area contributed by atoms with Crippen LogP contribution in [0.25, 0.3) is 0 Å². The van der Waals surface area contributed by atoms with Crippen LogP contribution in [0.4, 0.5) is 10.1 Å². The molecule has 0 unspecified atom stereocenters. The number of thioether (sulfide) groups is 1. The van der Waals surface area contributed by atoms with E-state index in [1.165, 1.54) is 36.0 Å². The summed E-state index contributed by atoms with van der Waals surface area (Å²) < 4.78 is 12.9. The van der Waals surface area contributed by atoms with E-state index in [4.69, 9.17) is 0 Å². The number of hydrogen-bond acceptors (Lipinski definition) is 4. The number of carbonyl (C=O) groups excluding carboxylic acids is 1. The van der Waals surface area contributed by atoms with E-state index in [1.54, 1.807) is 6.92 Å². The minimum Gasteiger partial charge on any atom is -0.326 e. The first kappa shape index (κ1) is 19.8. The Hall–Kier alpha value is -2.93. The van der Waals surface area contributed by atoms with Crippen molar-refractivity contribution in [2.24, 2.45) is 0 Å². The van der Waals surface area contributed by atoms with Gasteiger partial charge in [0.15, 0.2) is 5.16 Å². The number of aryl methyl sites for hydroxylation is 1. The maximum absolute atomic E-state index is 12.9. The van der Waals surface area contributed by atoms with Gasteiger partial charge in [0.25, 0.3) is 5.56 Å². The number of aromatic nitrogens is 2. The molecular formula is C21H20FN3O2S. The van der Waals surface area contributed by atoms with Crippen LogP contribution in [0.1, 0.15) is 23.2 Å². The van der Waals surface area contributed by atoms with Gasteiger partial charge in [0.05, 0.1) is 0 Å². The van der Waals surface area contributed by atoms with Crippen LogP contribution in [0, 0.1) is 12.7 Å². The number of anilines is 1. The van der Waals surface area contributed by atoms with Crippen LogP contribution in [0.2, 0.25) is 0 Å². The van der Waals surface area contributed by atoms with Gasteiger partial charge in [0.2, 0.25) is 5.91 Å². The molecule has 0 aliphatic heterocycles. The lowest BCUT2D eigenvalue weighted by atomic mass is 10.1. The van der Waals surface area contributed by atoms with Crippen LogP contribution in [0.3, 0.4) is 0 Å². The topological polar surface area (TPSA) is 74.8 Å². The molecule has 0 atom stereocenters. The first-order valence-electron chi connectivity index (χ1n) is 8.83. The number of rotatable bonds is 7. The van der Waals surface area contributed by atoms with Gasteiger partial charge in [-0.1, -0.05) is 42.1 Å². The van der Waals surface area contributed by atoms with Crippen LogP contribution in [0.5, 0.6) is 0 Å². The maximum Gasteiger partial charge on any atom is 0.254 e. The SMILES string of the molecule is Cc1nc(SCc2ccccc2)[nH]c(=O)c1CCC(=O)Nc1ccc(F)cc1. The van der Waals surface area contributed by atoms with Gasteiger partial charge in [-0.3, -0.25) is 9.59 Å². The second-order valence-corrected chi connectivity index (χ2v) is 7.23. The van der Waals surface area contributed by atoms with Crippen LogP contribution >= 0.6 is 11.8 Å². The first-order chi connectivity index (χ1) is 13.5. The summed E-state index contributed by atoms with van der Waals surface area (Å²) >= 11 is 1.46. The minimum absolute atomic E-state index is 0.138. The van der Waals surface area contributed by atoms with Gasteiger partial charge in [-0.15, -0.1) is 0 Å². The molecule has 0 saturated heterocycles. The van der Waals surface area contributed by atoms with Crippen LogP contribution in [-0.4, -0.2) is 15.9 Å². The highest BCUT2D eigenvalue weighted by Gasteiger charge is 2.11. The minimum atomic E-state index is -0.364. The van der Waals surface area contributed by atoms with E-state index < -0.39 is 0 Å². The molecule has 0 aliphatic rings. The molecule has 1 heterocycles. The number of nitrogens with one attached hydrogen (secondary N) is 2. The zero-order chi connectivity index (χ0) is 19.9. The van der Waals surface area contributed by atoms with Crippen molar-refractivity contribution in [2.45, 2.75) is 30.7 Å². The molecule has 0 radical (unpaired) electrons.